The molecule has 1 saturated carbocycles. The third-order valence-corrected chi connectivity index (χ3v) is 6.03. The molecule has 1 aromatic carbocycles. The van der Waals surface area contributed by atoms with Crippen molar-refractivity contribution in [1.82, 2.24) is 10.3 Å². The Morgan fingerprint density at radius 3 is 2.95 bits per heavy atom. The molecule has 1 fully saturated rings. The van der Waals surface area contributed by atoms with Crippen molar-refractivity contribution in [2.24, 2.45) is 0 Å². The molecule has 0 aliphatic heterocycles. The third-order valence-electron chi connectivity index (χ3n) is 3.95. The number of hydrogen-bond acceptors (Lipinski definition) is 4. The van der Waals surface area contributed by atoms with Gasteiger partial charge < -0.3 is 5.32 Å². The zero-order chi connectivity index (χ0) is 14.5. The van der Waals surface area contributed by atoms with Crippen molar-refractivity contribution in [3.8, 4) is 11.3 Å². The highest BCUT2D eigenvalue weighted by Gasteiger charge is 2.24. The quantitative estimate of drug-likeness (QED) is 0.844. The molecule has 3 rings (SSSR count). The van der Waals surface area contributed by atoms with Gasteiger partial charge in [-0.15, -0.1) is 11.3 Å². The van der Waals surface area contributed by atoms with Gasteiger partial charge in [0.15, 0.2) is 0 Å². The lowest BCUT2D eigenvalue weighted by molar-refractivity contribution is 0.524. The highest BCUT2D eigenvalue weighted by molar-refractivity contribution is 7.99. The van der Waals surface area contributed by atoms with Crippen LogP contribution in [0.25, 0.3) is 11.3 Å². The van der Waals surface area contributed by atoms with Crippen LogP contribution < -0.4 is 5.32 Å². The number of hydrogen-bond donors (Lipinski definition) is 1. The molecule has 2 aromatic rings. The third kappa shape index (κ3) is 4.09. The molecule has 0 spiro atoms. The fourth-order valence-corrected chi connectivity index (χ4v) is 4.77. The zero-order valence-corrected chi connectivity index (χ0v) is 14.1. The van der Waals surface area contributed by atoms with Gasteiger partial charge in [-0.1, -0.05) is 37.3 Å². The fraction of sp³-hybridized carbons (Fsp3) is 0.471. The maximum absolute atomic E-state index is 4.75. The molecule has 0 bridgehead atoms. The lowest BCUT2D eigenvalue weighted by Crippen LogP contribution is -2.26. The molecule has 1 aliphatic rings. The van der Waals surface area contributed by atoms with E-state index >= 15 is 0 Å². The SMILES string of the molecule is CCSC1CCC(NCc2nc(-c3ccccc3)cs2)C1. The van der Waals surface area contributed by atoms with E-state index in [0.29, 0.717) is 6.04 Å². The molecule has 2 unspecified atom stereocenters. The number of thioether (sulfide) groups is 1. The molecule has 4 heteroatoms. The standard InChI is InChI=1S/C17H22N2S2/c1-2-20-15-9-8-14(10-15)18-11-17-19-16(12-21-17)13-6-4-3-5-7-13/h3-7,12,14-15,18H,2,8-11H2,1H3. The maximum atomic E-state index is 4.75. The molecule has 0 radical (unpaired) electrons. The van der Waals surface area contributed by atoms with Crippen molar-refractivity contribution in [3.05, 3.63) is 40.7 Å². The van der Waals surface area contributed by atoms with Crippen LogP contribution in [0.15, 0.2) is 35.7 Å². The Morgan fingerprint density at radius 2 is 2.14 bits per heavy atom. The van der Waals surface area contributed by atoms with E-state index in [9.17, 15) is 0 Å². The van der Waals surface area contributed by atoms with Crippen molar-refractivity contribution >= 4 is 23.1 Å². The fourth-order valence-electron chi connectivity index (χ4n) is 2.88. The minimum atomic E-state index is 0.679. The minimum Gasteiger partial charge on any atom is -0.308 e. The van der Waals surface area contributed by atoms with Crippen LogP contribution in [0, 0.1) is 0 Å². The lowest BCUT2D eigenvalue weighted by atomic mass is 10.2. The lowest BCUT2D eigenvalue weighted by Gasteiger charge is -2.11. The minimum absolute atomic E-state index is 0.679. The van der Waals surface area contributed by atoms with Crippen LogP contribution >= 0.6 is 23.1 Å². The van der Waals surface area contributed by atoms with E-state index in [1.54, 1.807) is 11.3 Å². The van der Waals surface area contributed by atoms with Gasteiger partial charge in [-0.3, -0.25) is 0 Å². The normalized spacial score (nSPS) is 21.8. The van der Waals surface area contributed by atoms with Gasteiger partial charge in [-0.25, -0.2) is 4.98 Å². The number of rotatable bonds is 6. The maximum Gasteiger partial charge on any atom is 0.107 e. The first-order valence-electron chi connectivity index (χ1n) is 7.70. The smallest absolute Gasteiger partial charge is 0.107 e. The second-order valence-electron chi connectivity index (χ2n) is 5.46. The summed E-state index contributed by atoms with van der Waals surface area (Å²) < 4.78 is 0. The van der Waals surface area contributed by atoms with Crippen molar-refractivity contribution in [2.75, 3.05) is 5.75 Å². The van der Waals surface area contributed by atoms with E-state index in [-0.39, 0.29) is 0 Å². The van der Waals surface area contributed by atoms with Crippen LogP contribution in [0.1, 0.15) is 31.2 Å². The summed E-state index contributed by atoms with van der Waals surface area (Å²) in [6.45, 7) is 3.16. The van der Waals surface area contributed by atoms with E-state index in [1.165, 1.54) is 35.6 Å². The van der Waals surface area contributed by atoms with Crippen LogP contribution in [-0.4, -0.2) is 22.0 Å². The summed E-state index contributed by atoms with van der Waals surface area (Å²) in [5, 5.41) is 7.91. The molecule has 2 nitrogen and oxygen atoms in total. The van der Waals surface area contributed by atoms with Gasteiger partial charge in [-0.2, -0.15) is 11.8 Å². The van der Waals surface area contributed by atoms with Gasteiger partial charge in [0.1, 0.15) is 5.01 Å². The van der Waals surface area contributed by atoms with Gasteiger partial charge in [0.2, 0.25) is 0 Å². The van der Waals surface area contributed by atoms with E-state index in [4.69, 9.17) is 4.98 Å². The van der Waals surface area contributed by atoms with Gasteiger partial charge >= 0.3 is 0 Å². The van der Waals surface area contributed by atoms with Crippen molar-refractivity contribution < 1.29 is 0 Å². The number of benzene rings is 1. The number of nitrogens with zero attached hydrogens (tertiary/aromatic N) is 1. The molecule has 0 amide bonds. The topological polar surface area (TPSA) is 24.9 Å². The Hall–Kier alpha value is -0.840. The van der Waals surface area contributed by atoms with Crippen molar-refractivity contribution in [1.29, 1.82) is 0 Å². The average Bonchev–Trinajstić information content (AvgIpc) is 3.16. The Balaban J connectivity index is 1.52. The van der Waals surface area contributed by atoms with E-state index < -0.39 is 0 Å². The second-order valence-corrected chi connectivity index (χ2v) is 7.98. The van der Waals surface area contributed by atoms with Crippen LogP contribution in [0.5, 0.6) is 0 Å². The zero-order valence-electron chi connectivity index (χ0n) is 12.4. The number of thiazole rings is 1. The Labute approximate surface area is 135 Å². The van der Waals surface area contributed by atoms with Gasteiger partial charge in [0.05, 0.1) is 5.69 Å². The summed E-state index contributed by atoms with van der Waals surface area (Å²) in [5.41, 5.74) is 2.31. The average molecular weight is 319 g/mol. The molecule has 1 aromatic heterocycles. The molecule has 1 aliphatic carbocycles. The largest absolute Gasteiger partial charge is 0.308 e. The van der Waals surface area contributed by atoms with Crippen LogP contribution in [0.3, 0.4) is 0 Å². The Morgan fingerprint density at radius 1 is 1.29 bits per heavy atom. The first kappa shape index (κ1) is 15.1. The summed E-state index contributed by atoms with van der Waals surface area (Å²) in [5.74, 6) is 1.24. The molecule has 0 saturated heterocycles. The summed E-state index contributed by atoms with van der Waals surface area (Å²) in [7, 11) is 0. The summed E-state index contributed by atoms with van der Waals surface area (Å²) in [6.07, 6.45) is 3.99. The predicted octanol–water partition coefficient (Wildman–Crippen LogP) is 4.57. The predicted molar refractivity (Wildman–Crippen MR) is 93.9 cm³/mol. The first-order chi connectivity index (χ1) is 10.3. The van der Waals surface area contributed by atoms with E-state index in [0.717, 1.165) is 17.5 Å². The van der Waals surface area contributed by atoms with Gasteiger partial charge in [0, 0.05) is 28.8 Å². The van der Waals surface area contributed by atoms with Gasteiger partial charge in [0.25, 0.3) is 0 Å². The monoisotopic (exact) mass is 318 g/mol. The van der Waals surface area contributed by atoms with Crippen molar-refractivity contribution in [2.45, 2.75) is 44.0 Å². The van der Waals surface area contributed by atoms with E-state index in [2.05, 4.69) is 53.6 Å². The molecule has 2 atom stereocenters. The molecular weight excluding hydrogens is 296 g/mol. The summed E-state index contributed by atoms with van der Waals surface area (Å²) in [4.78, 5) is 4.75. The number of aromatic nitrogens is 1. The second kappa shape index (κ2) is 7.43. The highest BCUT2D eigenvalue weighted by Crippen LogP contribution is 2.30. The first-order valence-corrected chi connectivity index (χ1v) is 9.63. The van der Waals surface area contributed by atoms with Crippen LogP contribution in [-0.2, 0) is 6.54 Å². The van der Waals surface area contributed by atoms with Crippen LogP contribution in [0.4, 0.5) is 0 Å². The van der Waals surface area contributed by atoms with E-state index in [1.807, 2.05) is 6.07 Å². The highest BCUT2D eigenvalue weighted by atomic mass is 32.2. The molecule has 1 heterocycles. The molecule has 21 heavy (non-hydrogen) atoms. The Bertz CT molecular complexity index is 553. The van der Waals surface area contributed by atoms with Crippen LogP contribution in [0.2, 0.25) is 0 Å². The van der Waals surface area contributed by atoms with Crippen molar-refractivity contribution in [3.63, 3.8) is 0 Å². The number of nitrogens with one attached hydrogen (secondary N) is 1. The molecular formula is C17H22N2S2. The summed E-state index contributed by atoms with van der Waals surface area (Å²) in [6, 6.07) is 11.1. The molecule has 112 valence electrons. The summed E-state index contributed by atoms with van der Waals surface area (Å²) >= 11 is 3.87. The Kier molecular flexibility index (Phi) is 5.33. The van der Waals surface area contributed by atoms with Gasteiger partial charge in [-0.05, 0) is 25.0 Å². The molecule has 1 N–H and O–H groups in total.